The molecule has 1 rings (SSSR count). The molecule has 0 heterocycles. The molecule has 2 amide bonds. The largest absolute Gasteiger partial charge is 0.469 e. The molecule has 0 bridgehead atoms. The minimum atomic E-state index is -0.610. The Balaban J connectivity index is 2.61. The highest BCUT2D eigenvalue weighted by Gasteiger charge is 2.11. The van der Waals surface area contributed by atoms with E-state index in [9.17, 15) is 14.4 Å². The zero-order valence-electron chi connectivity index (χ0n) is 12.3. The molecule has 21 heavy (non-hydrogen) atoms. The summed E-state index contributed by atoms with van der Waals surface area (Å²) in [7, 11) is 1.22. The lowest BCUT2D eigenvalue weighted by molar-refractivity contribution is -0.142. The zero-order valence-corrected chi connectivity index (χ0v) is 12.3. The van der Waals surface area contributed by atoms with E-state index in [1.165, 1.54) is 7.11 Å². The second-order valence-electron chi connectivity index (χ2n) is 4.49. The van der Waals surface area contributed by atoms with Crippen LogP contribution in [0.5, 0.6) is 0 Å². The molecule has 0 saturated carbocycles. The Hall–Kier alpha value is -2.37. The van der Waals surface area contributed by atoms with Crippen molar-refractivity contribution >= 4 is 23.5 Å². The average Bonchev–Trinajstić information content (AvgIpc) is 2.47. The van der Waals surface area contributed by atoms with E-state index in [1.807, 2.05) is 6.92 Å². The first-order chi connectivity index (χ1) is 10.1. The summed E-state index contributed by atoms with van der Waals surface area (Å²) in [6, 6.07) is 6.55. The maximum Gasteiger partial charge on any atom is 0.315 e. The summed E-state index contributed by atoms with van der Waals surface area (Å²) in [4.78, 5) is 34.4. The van der Waals surface area contributed by atoms with Crippen LogP contribution in [-0.4, -0.2) is 31.4 Å². The van der Waals surface area contributed by atoms with E-state index in [1.54, 1.807) is 24.3 Å². The number of nitrogens with one attached hydrogen (secondary N) is 2. The van der Waals surface area contributed by atoms with Crippen molar-refractivity contribution in [2.45, 2.75) is 26.2 Å². The summed E-state index contributed by atoms with van der Waals surface area (Å²) >= 11 is 0. The number of benzene rings is 1. The van der Waals surface area contributed by atoms with Gasteiger partial charge in [-0.15, -0.1) is 0 Å². The van der Waals surface area contributed by atoms with E-state index in [2.05, 4.69) is 15.4 Å². The smallest absolute Gasteiger partial charge is 0.315 e. The molecule has 0 aliphatic heterocycles. The highest BCUT2D eigenvalue weighted by molar-refractivity contribution is 6.02. The summed E-state index contributed by atoms with van der Waals surface area (Å²) in [6.45, 7) is 2.66. The summed E-state index contributed by atoms with van der Waals surface area (Å²) in [5, 5.41) is 5.35. The van der Waals surface area contributed by atoms with Crippen LogP contribution in [0.25, 0.3) is 0 Å². The molecule has 0 fully saturated rings. The third-order valence-corrected chi connectivity index (χ3v) is 2.76. The first-order valence-corrected chi connectivity index (χ1v) is 6.81. The van der Waals surface area contributed by atoms with E-state index < -0.39 is 11.9 Å². The zero-order chi connectivity index (χ0) is 15.7. The first kappa shape index (κ1) is 16.7. The predicted octanol–water partition coefficient (Wildman–Crippen LogP) is 1.72. The van der Waals surface area contributed by atoms with Gasteiger partial charge in [-0.05, 0) is 24.6 Å². The Kier molecular flexibility index (Phi) is 6.94. The second-order valence-corrected chi connectivity index (χ2v) is 4.49. The lowest BCUT2D eigenvalue weighted by Crippen LogP contribution is -2.24. The van der Waals surface area contributed by atoms with E-state index >= 15 is 0 Å². The monoisotopic (exact) mass is 292 g/mol. The number of amides is 2. The SMILES string of the molecule is CCCCNC(=O)c1cccc(NC(=O)CC(=O)OC)c1. The third kappa shape index (κ3) is 6.07. The van der Waals surface area contributed by atoms with Crippen LogP contribution < -0.4 is 10.6 Å². The number of hydrogen-bond acceptors (Lipinski definition) is 4. The van der Waals surface area contributed by atoms with Gasteiger partial charge in [0.2, 0.25) is 5.91 Å². The van der Waals surface area contributed by atoms with Gasteiger partial charge >= 0.3 is 5.97 Å². The van der Waals surface area contributed by atoms with Gasteiger partial charge in [-0.25, -0.2) is 0 Å². The predicted molar refractivity (Wildman–Crippen MR) is 78.9 cm³/mol. The molecule has 6 heteroatoms. The van der Waals surface area contributed by atoms with Crippen LogP contribution in [0, 0.1) is 0 Å². The van der Waals surface area contributed by atoms with Gasteiger partial charge in [0.05, 0.1) is 7.11 Å². The van der Waals surface area contributed by atoms with Crippen molar-refractivity contribution < 1.29 is 19.1 Å². The van der Waals surface area contributed by atoms with E-state index in [0.717, 1.165) is 12.8 Å². The van der Waals surface area contributed by atoms with Gasteiger partial charge in [-0.1, -0.05) is 19.4 Å². The van der Waals surface area contributed by atoms with Crippen LogP contribution in [0.3, 0.4) is 0 Å². The van der Waals surface area contributed by atoms with Gasteiger partial charge in [0.1, 0.15) is 6.42 Å². The quantitative estimate of drug-likeness (QED) is 0.455. The Labute approximate surface area is 123 Å². The molecule has 0 aliphatic carbocycles. The molecule has 2 N–H and O–H groups in total. The first-order valence-electron chi connectivity index (χ1n) is 6.81. The lowest BCUT2D eigenvalue weighted by Gasteiger charge is -2.08. The number of rotatable bonds is 7. The molecule has 1 aromatic rings. The van der Waals surface area contributed by atoms with Gasteiger partial charge < -0.3 is 15.4 Å². The van der Waals surface area contributed by atoms with Crippen molar-refractivity contribution in [3.63, 3.8) is 0 Å². The second kappa shape index (κ2) is 8.73. The third-order valence-electron chi connectivity index (χ3n) is 2.76. The topological polar surface area (TPSA) is 84.5 Å². The van der Waals surface area contributed by atoms with Gasteiger partial charge in [0, 0.05) is 17.8 Å². The van der Waals surface area contributed by atoms with Crippen molar-refractivity contribution in [2.75, 3.05) is 19.0 Å². The van der Waals surface area contributed by atoms with Crippen molar-refractivity contribution in [1.29, 1.82) is 0 Å². The number of ether oxygens (including phenoxy) is 1. The number of carbonyl (C=O) groups excluding carboxylic acids is 3. The van der Waals surface area contributed by atoms with E-state index in [4.69, 9.17) is 0 Å². The molecule has 0 unspecified atom stereocenters. The van der Waals surface area contributed by atoms with E-state index in [0.29, 0.717) is 17.8 Å². The van der Waals surface area contributed by atoms with Gasteiger partial charge in [0.25, 0.3) is 5.91 Å². The summed E-state index contributed by atoms with van der Waals surface area (Å²) < 4.78 is 4.41. The fourth-order valence-corrected chi connectivity index (χ4v) is 1.63. The number of hydrogen-bond donors (Lipinski definition) is 2. The molecule has 0 radical (unpaired) electrons. The van der Waals surface area contributed by atoms with Gasteiger partial charge in [-0.2, -0.15) is 0 Å². The number of esters is 1. The number of methoxy groups -OCH3 is 1. The molecule has 0 atom stereocenters. The molecular formula is C15H20N2O4. The van der Waals surface area contributed by atoms with E-state index in [-0.39, 0.29) is 12.3 Å². The molecule has 0 saturated heterocycles. The molecular weight excluding hydrogens is 272 g/mol. The maximum atomic E-state index is 11.9. The lowest BCUT2D eigenvalue weighted by atomic mass is 10.2. The number of anilines is 1. The van der Waals surface area contributed by atoms with Gasteiger partial charge in [0.15, 0.2) is 0 Å². The normalized spacial score (nSPS) is 9.81. The summed E-state index contributed by atoms with van der Waals surface area (Å²) in [5.74, 6) is -1.28. The molecule has 0 spiro atoms. The fourth-order valence-electron chi connectivity index (χ4n) is 1.63. The number of carbonyl (C=O) groups is 3. The van der Waals surface area contributed by atoms with Crippen LogP contribution in [0.1, 0.15) is 36.5 Å². The Bertz CT molecular complexity index is 514. The fraction of sp³-hybridized carbons (Fsp3) is 0.400. The van der Waals surface area contributed by atoms with Gasteiger partial charge in [-0.3, -0.25) is 14.4 Å². The van der Waals surface area contributed by atoms with Crippen LogP contribution in [-0.2, 0) is 14.3 Å². The summed E-state index contributed by atoms with van der Waals surface area (Å²) in [6.07, 6.45) is 1.56. The van der Waals surface area contributed by atoms with Crippen molar-refractivity contribution in [3.05, 3.63) is 29.8 Å². The summed E-state index contributed by atoms with van der Waals surface area (Å²) in [5.41, 5.74) is 0.925. The van der Waals surface area contributed by atoms with Crippen molar-refractivity contribution in [1.82, 2.24) is 5.32 Å². The Morgan fingerprint density at radius 2 is 2.00 bits per heavy atom. The highest BCUT2D eigenvalue weighted by atomic mass is 16.5. The van der Waals surface area contributed by atoms with Crippen LogP contribution >= 0.6 is 0 Å². The average molecular weight is 292 g/mol. The maximum absolute atomic E-state index is 11.9. The molecule has 0 aromatic heterocycles. The van der Waals surface area contributed by atoms with Crippen LogP contribution in [0.2, 0.25) is 0 Å². The number of unbranched alkanes of at least 4 members (excludes halogenated alkanes) is 1. The van der Waals surface area contributed by atoms with Crippen LogP contribution in [0.4, 0.5) is 5.69 Å². The highest BCUT2D eigenvalue weighted by Crippen LogP contribution is 2.11. The Morgan fingerprint density at radius 3 is 2.67 bits per heavy atom. The molecule has 114 valence electrons. The minimum Gasteiger partial charge on any atom is -0.469 e. The molecule has 0 aliphatic rings. The molecule has 1 aromatic carbocycles. The van der Waals surface area contributed by atoms with Crippen LogP contribution in [0.15, 0.2) is 24.3 Å². The minimum absolute atomic E-state index is 0.187. The Morgan fingerprint density at radius 1 is 1.24 bits per heavy atom. The van der Waals surface area contributed by atoms with Crippen molar-refractivity contribution in [2.24, 2.45) is 0 Å². The standard InChI is InChI=1S/C15H20N2O4/c1-3-4-8-16-15(20)11-6-5-7-12(9-11)17-13(18)10-14(19)21-2/h5-7,9H,3-4,8,10H2,1-2H3,(H,16,20)(H,17,18). The molecule has 6 nitrogen and oxygen atoms in total. The van der Waals surface area contributed by atoms with Crippen molar-refractivity contribution in [3.8, 4) is 0 Å².